The minimum Gasteiger partial charge on any atom is -1.00 e. The number of fused-ring (bicyclic) bond motifs is 3. The quantitative estimate of drug-likeness (QED) is 0.541. The maximum atomic E-state index is 2.56. The number of hydrogen-bond acceptors (Lipinski definition) is 0. The van der Waals surface area contributed by atoms with Gasteiger partial charge in [0.05, 0.1) is 0 Å². The minimum absolute atomic E-state index is 0. The number of rotatable bonds is 2. The molecule has 0 saturated heterocycles. The van der Waals surface area contributed by atoms with E-state index in [0.29, 0.717) is 3.63 Å². The summed E-state index contributed by atoms with van der Waals surface area (Å²) in [6, 6.07) is 14.7. The molecule has 2 aliphatic rings. The van der Waals surface area contributed by atoms with Crippen LogP contribution in [0.2, 0.25) is 0 Å². The van der Waals surface area contributed by atoms with E-state index in [2.05, 4.69) is 110 Å². The maximum absolute atomic E-state index is 2.56. The zero-order valence-corrected chi connectivity index (χ0v) is 24.7. The molecular formula is C29H36Cl2Zr. The van der Waals surface area contributed by atoms with Gasteiger partial charge in [-0.25, -0.2) is 0 Å². The van der Waals surface area contributed by atoms with Gasteiger partial charge in [0.2, 0.25) is 0 Å². The zero-order valence-electron chi connectivity index (χ0n) is 20.7. The number of halogens is 2. The van der Waals surface area contributed by atoms with Gasteiger partial charge in [-0.05, 0) is 0 Å². The molecule has 0 bridgehead atoms. The van der Waals surface area contributed by atoms with Crippen LogP contribution in [0.15, 0.2) is 57.9 Å². The van der Waals surface area contributed by atoms with Crippen molar-refractivity contribution < 1.29 is 46.1 Å². The van der Waals surface area contributed by atoms with Crippen molar-refractivity contribution in [3.8, 4) is 11.1 Å². The van der Waals surface area contributed by atoms with E-state index in [1.807, 2.05) is 0 Å². The van der Waals surface area contributed by atoms with Crippen LogP contribution in [0.25, 0.3) is 11.1 Å². The fourth-order valence-electron chi connectivity index (χ4n) is 4.95. The van der Waals surface area contributed by atoms with Gasteiger partial charge in [0.1, 0.15) is 0 Å². The second-order valence-corrected chi connectivity index (χ2v) is 18.8. The molecule has 4 rings (SSSR count). The van der Waals surface area contributed by atoms with E-state index in [-0.39, 0.29) is 35.6 Å². The molecular weight excluding hydrogens is 510 g/mol. The topological polar surface area (TPSA) is 0 Å². The normalized spacial score (nSPS) is 14.5. The van der Waals surface area contributed by atoms with Gasteiger partial charge >= 0.3 is 192 Å². The third kappa shape index (κ3) is 5.01. The largest absolute Gasteiger partial charge is 1.00 e. The molecule has 0 fully saturated rings. The second-order valence-electron chi connectivity index (χ2n) is 11.3. The van der Waals surface area contributed by atoms with E-state index in [9.17, 15) is 0 Å². The third-order valence-electron chi connectivity index (χ3n) is 6.69. The van der Waals surface area contributed by atoms with E-state index < -0.39 is 21.3 Å². The van der Waals surface area contributed by atoms with E-state index in [4.69, 9.17) is 0 Å². The van der Waals surface area contributed by atoms with Crippen LogP contribution in [0.5, 0.6) is 0 Å². The monoisotopic (exact) mass is 544 g/mol. The molecule has 0 heterocycles. The van der Waals surface area contributed by atoms with Crippen molar-refractivity contribution >= 4 is 3.21 Å². The van der Waals surface area contributed by atoms with Crippen LogP contribution in [0.3, 0.4) is 0 Å². The first-order valence-electron chi connectivity index (χ1n) is 11.3. The van der Waals surface area contributed by atoms with Crippen molar-refractivity contribution in [2.45, 2.75) is 76.3 Å². The molecule has 0 aliphatic heterocycles. The first-order valence-corrected chi connectivity index (χ1v) is 15.2. The molecule has 0 saturated carbocycles. The van der Waals surface area contributed by atoms with Gasteiger partial charge < -0.3 is 24.8 Å². The molecule has 32 heavy (non-hydrogen) atoms. The summed E-state index contributed by atoms with van der Waals surface area (Å²) in [5, 5.41) is 0. The van der Waals surface area contributed by atoms with Gasteiger partial charge in [0, 0.05) is 0 Å². The first kappa shape index (κ1) is 27.5. The number of allylic oxidation sites excluding steroid dienone is 4. The van der Waals surface area contributed by atoms with Gasteiger partial charge in [-0.1, -0.05) is 0 Å². The average molecular weight is 547 g/mol. The Morgan fingerprint density at radius 3 is 1.59 bits per heavy atom. The van der Waals surface area contributed by atoms with E-state index in [1.165, 1.54) is 28.7 Å². The Labute approximate surface area is 215 Å². The van der Waals surface area contributed by atoms with Crippen LogP contribution >= 0.6 is 0 Å². The van der Waals surface area contributed by atoms with E-state index in [0.717, 1.165) is 0 Å². The van der Waals surface area contributed by atoms with Crippen LogP contribution < -0.4 is 24.8 Å². The Balaban J connectivity index is 0.00000181. The molecule has 2 aromatic carbocycles. The SMILES string of the molecule is C[C](C)=[Zr+2]([C]1=CC=CC1)[CH]1c2cc(C(C)(C)C)ccc2-c2ccc(C(C)(C)C)cc21.[Cl-].[Cl-]. The Kier molecular flexibility index (Phi) is 8.47. The van der Waals surface area contributed by atoms with Crippen LogP contribution in [-0.4, -0.2) is 3.21 Å². The molecule has 0 atom stereocenters. The smallest absolute Gasteiger partial charge is 1.00 e. The summed E-state index contributed by atoms with van der Waals surface area (Å²) >= 11 is -2.06. The fraction of sp³-hybridized carbons (Fsp3) is 0.414. The third-order valence-corrected chi connectivity index (χ3v) is 14.9. The van der Waals surface area contributed by atoms with Gasteiger partial charge in [-0.3, -0.25) is 0 Å². The van der Waals surface area contributed by atoms with Gasteiger partial charge in [0.25, 0.3) is 0 Å². The molecule has 0 spiro atoms. The van der Waals surface area contributed by atoms with Gasteiger partial charge in [-0.15, -0.1) is 0 Å². The Morgan fingerprint density at radius 2 is 1.25 bits per heavy atom. The Morgan fingerprint density at radius 1 is 0.781 bits per heavy atom. The van der Waals surface area contributed by atoms with Crippen LogP contribution in [0.1, 0.15) is 87.7 Å². The van der Waals surface area contributed by atoms with Crippen molar-refractivity contribution in [2.24, 2.45) is 0 Å². The minimum atomic E-state index is -2.06. The standard InChI is InChI=1S/C21H25.C5H5.C3H6.2ClH.Zr/c1-20(2,3)16-7-9-18-14(12-16)11-15-13-17(21(4,5)6)8-10-19(15)18;1-2-4-5-3-1;1-3-2;;;/h7-13H,1-6H3;1-3H,4H2;1-2H3;2*1H;/q;;;;;+2/p-2. The van der Waals surface area contributed by atoms with Crippen molar-refractivity contribution in [1.82, 2.24) is 0 Å². The van der Waals surface area contributed by atoms with Gasteiger partial charge in [-0.2, -0.15) is 0 Å². The molecule has 170 valence electrons. The summed E-state index contributed by atoms with van der Waals surface area (Å²) < 4.78 is 4.06. The molecule has 0 N–H and O–H groups in total. The molecule has 0 aromatic heterocycles. The van der Waals surface area contributed by atoms with Crippen LogP contribution in [0, 0.1) is 0 Å². The molecule has 0 unspecified atom stereocenters. The Bertz CT molecular complexity index is 1040. The number of benzene rings is 2. The summed E-state index contributed by atoms with van der Waals surface area (Å²) in [4.78, 5) is 0. The molecule has 3 heteroatoms. The summed E-state index contributed by atoms with van der Waals surface area (Å²) in [5.74, 6) is 0. The van der Waals surface area contributed by atoms with Crippen molar-refractivity contribution in [2.75, 3.05) is 0 Å². The van der Waals surface area contributed by atoms with Crippen molar-refractivity contribution in [3.05, 3.63) is 80.2 Å². The summed E-state index contributed by atoms with van der Waals surface area (Å²) in [7, 11) is 0. The Hall–Kier alpha value is -0.747. The van der Waals surface area contributed by atoms with E-state index in [1.54, 1.807) is 17.6 Å². The molecule has 0 nitrogen and oxygen atoms in total. The molecule has 0 radical (unpaired) electrons. The van der Waals surface area contributed by atoms with E-state index >= 15 is 0 Å². The second kappa shape index (κ2) is 9.86. The maximum Gasteiger partial charge on any atom is -1.00 e. The fourth-order valence-corrected chi connectivity index (χ4v) is 13.1. The summed E-state index contributed by atoms with van der Waals surface area (Å²) in [6.07, 6.45) is 8.25. The first-order chi connectivity index (χ1) is 14.0. The van der Waals surface area contributed by atoms with Crippen molar-refractivity contribution in [3.63, 3.8) is 0 Å². The van der Waals surface area contributed by atoms with Crippen LogP contribution in [0.4, 0.5) is 0 Å². The summed E-state index contributed by atoms with van der Waals surface area (Å²) in [5.41, 5.74) is 9.44. The predicted molar refractivity (Wildman–Crippen MR) is 129 cm³/mol. The predicted octanol–water partition coefficient (Wildman–Crippen LogP) is 2.03. The van der Waals surface area contributed by atoms with Crippen LogP contribution in [-0.2, 0) is 32.1 Å². The average Bonchev–Trinajstić information content (AvgIpc) is 3.27. The number of hydrogen-bond donors (Lipinski definition) is 0. The zero-order chi connectivity index (χ0) is 21.8. The molecule has 0 amide bonds. The van der Waals surface area contributed by atoms with Crippen molar-refractivity contribution in [1.29, 1.82) is 0 Å². The van der Waals surface area contributed by atoms with Gasteiger partial charge in [0.15, 0.2) is 0 Å². The molecule has 2 aromatic rings. The summed E-state index contributed by atoms with van der Waals surface area (Å²) in [6.45, 7) is 18.8. The molecule has 2 aliphatic carbocycles.